The van der Waals surface area contributed by atoms with Gasteiger partial charge in [0.2, 0.25) is 5.91 Å². The fourth-order valence-electron chi connectivity index (χ4n) is 2.63. The Hall–Kier alpha value is -1.44. The summed E-state index contributed by atoms with van der Waals surface area (Å²) < 4.78 is 0. The van der Waals surface area contributed by atoms with E-state index in [9.17, 15) is 14.4 Å². The Morgan fingerprint density at radius 1 is 1.43 bits per heavy atom. The first kappa shape index (κ1) is 15.9. The van der Waals surface area contributed by atoms with Crippen molar-refractivity contribution in [3.8, 4) is 0 Å². The molecule has 0 aromatic rings. The van der Waals surface area contributed by atoms with E-state index in [2.05, 4.69) is 12.2 Å². The Balaban J connectivity index is 2.07. The lowest BCUT2D eigenvalue weighted by molar-refractivity contribution is -0.142. The molecule has 7 nitrogen and oxygen atoms in total. The minimum absolute atomic E-state index is 0.213. The van der Waals surface area contributed by atoms with Gasteiger partial charge in [-0.3, -0.25) is 9.59 Å². The van der Waals surface area contributed by atoms with Crippen LogP contribution in [-0.2, 0) is 9.59 Å². The van der Waals surface area contributed by atoms with Crippen LogP contribution in [-0.4, -0.2) is 76.0 Å². The summed E-state index contributed by atoms with van der Waals surface area (Å²) in [6.07, 6.45) is 0.644. The van der Waals surface area contributed by atoms with Gasteiger partial charge in [-0.1, -0.05) is 6.92 Å². The van der Waals surface area contributed by atoms with E-state index in [1.807, 2.05) is 11.8 Å². The molecule has 2 rings (SSSR count). The maximum Gasteiger partial charge on any atom is 0.320 e. The van der Waals surface area contributed by atoms with Crippen molar-refractivity contribution in [3.63, 3.8) is 0 Å². The average Bonchev–Trinajstić information content (AvgIpc) is 2.48. The molecule has 0 bridgehead atoms. The molecule has 2 unspecified atom stereocenters. The SMILES string of the molecule is CCC1CN(C(=O)N2CCNC(=O)C2CC(=O)O)CCS1. The molecule has 0 radical (unpaired) electrons. The van der Waals surface area contributed by atoms with Gasteiger partial charge in [0, 0.05) is 37.2 Å². The van der Waals surface area contributed by atoms with E-state index in [-0.39, 0.29) is 18.4 Å². The molecule has 2 fully saturated rings. The molecular weight excluding hydrogens is 294 g/mol. The highest BCUT2D eigenvalue weighted by Crippen LogP contribution is 2.23. The third-order valence-electron chi connectivity index (χ3n) is 3.81. The topological polar surface area (TPSA) is 90.0 Å². The number of nitrogens with one attached hydrogen (secondary N) is 1. The smallest absolute Gasteiger partial charge is 0.320 e. The second-order valence-corrected chi connectivity index (χ2v) is 6.64. The predicted octanol–water partition coefficient (Wildman–Crippen LogP) is 0.209. The fourth-order valence-corrected chi connectivity index (χ4v) is 3.81. The highest BCUT2D eigenvalue weighted by Gasteiger charge is 2.37. The number of carbonyl (C=O) groups is 3. The van der Waals surface area contributed by atoms with Crippen LogP contribution in [0.1, 0.15) is 19.8 Å². The number of hydrogen-bond acceptors (Lipinski definition) is 4. The first-order valence-electron chi connectivity index (χ1n) is 7.19. The van der Waals surface area contributed by atoms with E-state index < -0.39 is 12.0 Å². The Bertz CT molecular complexity index is 432. The van der Waals surface area contributed by atoms with Gasteiger partial charge in [0.1, 0.15) is 6.04 Å². The fraction of sp³-hybridized carbons (Fsp3) is 0.769. The van der Waals surface area contributed by atoms with Crippen LogP contribution < -0.4 is 5.32 Å². The average molecular weight is 315 g/mol. The molecule has 0 aromatic carbocycles. The second kappa shape index (κ2) is 7.02. The number of amides is 3. The number of aliphatic carboxylic acids is 1. The molecule has 21 heavy (non-hydrogen) atoms. The van der Waals surface area contributed by atoms with Gasteiger partial charge >= 0.3 is 12.0 Å². The van der Waals surface area contributed by atoms with Crippen LogP contribution in [0.15, 0.2) is 0 Å². The van der Waals surface area contributed by atoms with Gasteiger partial charge in [0.25, 0.3) is 0 Å². The summed E-state index contributed by atoms with van der Waals surface area (Å²) in [7, 11) is 0. The standard InChI is InChI=1S/C13H21N3O4S/c1-2-9-8-15(5-6-21-9)13(20)16-4-3-14-12(19)10(16)7-11(17)18/h9-10H,2-8H2,1H3,(H,14,19)(H,17,18). The van der Waals surface area contributed by atoms with Crippen molar-refractivity contribution < 1.29 is 19.5 Å². The van der Waals surface area contributed by atoms with Crippen molar-refractivity contribution in [1.82, 2.24) is 15.1 Å². The van der Waals surface area contributed by atoms with Gasteiger partial charge in [-0.05, 0) is 6.42 Å². The number of carboxylic acids is 1. The third-order valence-corrected chi connectivity index (χ3v) is 5.18. The molecule has 2 heterocycles. The summed E-state index contributed by atoms with van der Waals surface area (Å²) >= 11 is 1.86. The second-order valence-electron chi connectivity index (χ2n) is 5.23. The van der Waals surface area contributed by atoms with Gasteiger partial charge in [-0.25, -0.2) is 4.79 Å². The van der Waals surface area contributed by atoms with Crippen molar-refractivity contribution in [2.45, 2.75) is 31.1 Å². The van der Waals surface area contributed by atoms with E-state index in [1.165, 1.54) is 4.90 Å². The molecular formula is C13H21N3O4S. The first-order valence-corrected chi connectivity index (χ1v) is 8.24. The molecule has 2 aliphatic heterocycles. The molecule has 8 heteroatoms. The van der Waals surface area contributed by atoms with Crippen molar-refractivity contribution in [2.75, 3.05) is 31.9 Å². The molecule has 2 aliphatic rings. The lowest BCUT2D eigenvalue weighted by Crippen LogP contribution is -2.61. The molecule has 0 aliphatic carbocycles. The molecule has 0 spiro atoms. The largest absolute Gasteiger partial charge is 0.481 e. The number of carboxylic acid groups (broad SMARTS) is 1. The molecule has 2 N–H and O–H groups in total. The van der Waals surface area contributed by atoms with Crippen LogP contribution in [0.5, 0.6) is 0 Å². The van der Waals surface area contributed by atoms with Crippen LogP contribution in [0.4, 0.5) is 4.79 Å². The number of rotatable bonds is 3. The molecule has 0 saturated carbocycles. The number of hydrogen-bond donors (Lipinski definition) is 2. The summed E-state index contributed by atoms with van der Waals surface area (Å²) in [6, 6.07) is -1.12. The summed E-state index contributed by atoms with van der Waals surface area (Å²) in [4.78, 5) is 38.6. The summed E-state index contributed by atoms with van der Waals surface area (Å²) in [5.41, 5.74) is 0. The third kappa shape index (κ3) is 3.81. The zero-order chi connectivity index (χ0) is 15.4. The van der Waals surface area contributed by atoms with Crippen LogP contribution in [0.25, 0.3) is 0 Å². The summed E-state index contributed by atoms with van der Waals surface area (Å²) in [5.74, 6) is -0.570. The maximum atomic E-state index is 12.6. The molecule has 3 amide bonds. The number of carbonyl (C=O) groups excluding carboxylic acids is 2. The van der Waals surface area contributed by atoms with Crippen molar-refractivity contribution >= 4 is 29.7 Å². The molecule has 2 atom stereocenters. The predicted molar refractivity (Wildman–Crippen MR) is 79.3 cm³/mol. The van der Waals surface area contributed by atoms with Gasteiger partial charge in [0.05, 0.1) is 6.42 Å². The monoisotopic (exact) mass is 315 g/mol. The van der Waals surface area contributed by atoms with E-state index in [4.69, 9.17) is 5.11 Å². The minimum Gasteiger partial charge on any atom is -0.481 e. The van der Waals surface area contributed by atoms with Gasteiger partial charge in [-0.2, -0.15) is 11.8 Å². The highest BCUT2D eigenvalue weighted by molar-refractivity contribution is 8.00. The number of urea groups is 1. The van der Waals surface area contributed by atoms with Gasteiger partial charge in [-0.15, -0.1) is 0 Å². The Morgan fingerprint density at radius 2 is 2.19 bits per heavy atom. The Morgan fingerprint density at radius 3 is 2.86 bits per heavy atom. The maximum absolute atomic E-state index is 12.6. The van der Waals surface area contributed by atoms with Gasteiger partial charge in [0.15, 0.2) is 0 Å². The highest BCUT2D eigenvalue weighted by atomic mass is 32.2. The lowest BCUT2D eigenvalue weighted by Gasteiger charge is -2.40. The first-order chi connectivity index (χ1) is 10.0. The lowest BCUT2D eigenvalue weighted by atomic mass is 10.1. The minimum atomic E-state index is -1.07. The number of nitrogens with zero attached hydrogens (tertiary/aromatic N) is 2. The Labute approximate surface area is 128 Å². The quantitative estimate of drug-likeness (QED) is 0.777. The van der Waals surface area contributed by atoms with Crippen LogP contribution in [0.2, 0.25) is 0 Å². The van der Waals surface area contributed by atoms with E-state index in [1.54, 1.807) is 4.90 Å². The molecule has 2 saturated heterocycles. The zero-order valence-corrected chi connectivity index (χ0v) is 12.9. The van der Waals surface area contributed by atoms with E-state index >= 15 is 0 Å². The van der Waals surface area contributed by atoms with Crippen LogP contribution in [0.3, 0.4) is 0 Å². The molecule has 118 valence electrons. The van der Waals surface area contributed by atoms with Crippen LogP contribution >= 0.6 is 11.8 Å². The van der Waals surface area contributed by atoms with E-state index in [0.717, 1.165) is 12.2 Å². The van der Waals surface area contributed by atoms with Crippen molar-refractivity contribution in [2.24, 2.45) is 0 Å². The Kier molecular flexibility index (Phi) is 5.33. The van der Waals surface area contributed by atoms with Gasteiger partial charge < -0.3 is 20.2 Å². The summed E-state index contributed by atoms with van der Waals surface area (Å²) in [5, 5.41) is 12.0. The van der Waals surface area contributed by atoms with Crippen molar-refractivity contribution in [3.05, 3.63) is 0 Å². The number of thioether (sulfide) groups is 1. The van der Waals surface area contributed by atoms with Crippen molar-refractivity contribution in [1.29, 1.82) is 0 Å². The zero-order valence-electron chi connectivity index (χ0n) is 12.1. The normalized spacial score (nSPS) is 26.4. The van der Waals surface area contributed by atoms with E-state index in [0.29, 0.717) is 31.4 Å². The van der Waals surface area contributed by atoms with Crippen LogP contribution in [0, 0.1) is 0 Å². The summed E-state index contributed by atoms with van der Waals surface area (Å²) in [6.45, 7) is 4.15. The number of piperazine rings is 1. The molecule has 0 aromatic heterocycles.